The van der Waals surface area contributed by atoms with E-state index in [9.17, 15) is 4.79 Å². The first kappa shape index (κ1) is 15.1. The number of carbonyl (C=O) groups is 1. The Kier molecular flexibility index (Phi) is 4.44. The van der Waals surface area contributed by atoms with Crippen LogP contribution in [-0.2, 0) is 4.79 Å². The van der Waals surface area contributed by atoms with Gasteiger partial charge in [0.15, 0.2) is 5.82 Å². The summed E-state index contributed by atoms with van der Waals surface area (Å²) in [7, 11) is 0. The summed E-state index contributed by atoms with van der Waals surface area (Å²) >= 11 is 1.53. The van der Waals surface area contributed by atoms with Crippen molar-refractivity contribution in [3.8, 4) is 10.7 Å². The normalized spacial score (nSPS) is 19.1. The highest BCUT2D eigenvalue weighted by Crippen LogP contribution is 2.24. The number of nitrogens with zero attached hydrogens (tertiary/aromatic N) is 3. The van der Waals surface area contributed by atoms with Gasteiger partial charge in [-0.3, -0.25) is 4.79 Å². The summed E-state index contributed by atoms with van der Waals surface area (Å²) < 4.78 is 0. The molecule has 22 heavy (non-hydrogen) atoms. The van der Waals surface area contributed by atoms with Crippen LogP contribution in [-0.4, -0.2) is 33.4 Å². The maximum atomic E-state index is 12.1. The minimum atomic E-state index is -0.105. The summed E-state index contributed by atoms with van der Waals surface area (Å²) in [5.41, 5.74) is 3.63. The zero-order chi connectivity index (χ0) is 15.5. The molecule has 1 amide bonds. The maximum absolute atomic E-state index is 12.1. The van der Waals surface area contributed by atoms with Crippen molar-refractivity contribution in [1.29, 1.82) is 0 Å². The van der Waals surface area contributed by atoms with Gasteiger partial charge in [0.25, 0.3) is 0 Å². The highest BCUT2D eigenvalue weighted by molar-refractivity contribution is 7.13. The highest BCUT2D eigenvalue weighted by Gasteiger charge is 2.23. The van der Waals surface area contributed by atoms with Crippen molar-refractivity contribution >= 4 is 17.2 Å². The molecule has 0 spiro atoms. The van der Waals surface area contributed by atoms with E-state index in [1.807, 2.05) is 13.8 Å². The second kappa shape index (κ2) is 6.50. The average Bonchev–Trinajstić information content (AvgIpc) is 3.18. The SMILES string of the molecule is Cc1ncsc1-c1ncc(C(C)NC(=O)C2CCCN2)cn1. The lowest BCUT2D eigenvalue weighted by atomic mass is 10.1. The molecule has 1 fully saturated rings. The van der Waals surface area contributed by atoms with Crippen molar-refractivity contribution in [2.45, 2.75) is 38.8 Å². The Labute approximate surface area is 133 Å². The molecule has 0 aromatic carbocycles. The molecule has 0 bridgehead atoms. The lowest BCUT2D eigenvalue weighted by molar-refractivity contribution is -0.123. The van der Waals surface area contributed by atoms with Crippen LogP contribution in [0.3, 0.4) is 0 Å². The van der Waals surface area contributed by atoms with Crippen molar-refractivity contribution in [2.24, 2.45) is 0 Å². The van der Waals surface area contributed by atoms with Gasteiger partial charge in [-0.2, -0.15) is 0 Å². The summed E-state index contributed by atoms with van der Waals surface area (Å²) in [6.45, 7) is 4.81. The molecule has 2 unspecified atom stereocenters. The van der Waals surface area contributed by atoms with Crippen molar-refractivity contribution in [1.82, 2.24) is 25.6 Å². The van der Waals surface area contributed by atoms with Crippen LogP contribution in [0.2, 0.25) is 0 Å². The molecule has 7 heteroatoms. The Morgan fingerprint density at radius 2 is 2.18 bits per heavy atom. The Hall–Kier alpha value is -1.86. The molecular weight excluding hydrogens is 298 g/mol. The summed E-state index contributed by atoms with van der Waals surface area (Å²) in [4.78, 5) is 26.1. The predicted molar refractivity (Wildman–Crippen MR) is 85.5 cm³/mol. The summed E-state index contributed by atoms with van der Waals surface area (Å²) in [5.74, 6) is 0.729. The topological polar surface area (TPSA) is 79.8 Å². The molecule has 0 saturated carbocycles. The monoisotopic (exact) mass is 317 g/mol. The van der Waals surface area contributed by atoms with Crippen LogP contribution in [0.25, 0.3) is 10.7 Å². The van der Waals surface area contributed by atoms with E-state index in [4.69, 9.17) is 0 Å². The van der Waals surface area contributed by atoms with E-state index < -0.39 is 0 Å². The van der Waals surface area contributed by atoms with Gasteiger partial charge in [0.2, 0.25) is 5.91 Å². The molecule has 3 rings (SSSR count). The third kappa shape index (κ3) is 3.15. The minimum absolute atomic E-state index is 0.0485. The van der Waals surface area contributed by atoms with Gasteiger partial charge < -0.3 is 10.6 Å². The number of carbonyl (C=O) groups excluding carboxylic acids is 1. The Balaban J connectivity index is 1.67. The van der Waals surface area contributed by atoms with Crippen molar-refractivity contribution in [3.05, 3.63) is 29.2 Å². The Morgan fingerprint density at radius 1 is 1.41 bits per heavy atom. The van der Waals surface area contributed by atoms with Crippen LogP contribution in [0.15, 0.2) is 17.9 Å². The second-order valence-corrected chi connectivity index (χ2v) is 6.34. The van der Waals surface area contributed by atoms with E-state index in [1.165, 1.54) is 11.3 Å². The summed E-state index contributed by atoms with van der Waals surface area (Å²) in [6, 6.07) is -0.172. The predicted octanol–water partition coefficient (Wildman–Crippen LogP) is 1.84. The maximum Gasteiger partial charge on any atom is 0.237 e. The fourth-order valence-electron chi connectivity index (χ4n) is 2.50. The summed E-state index contributed by atoms with van der Waals surface area (Å²) in [5, 5.41) is 6.21. The molecule has 0 aliphatic carbocycles. The molecule has 116 valence electrons. The average molecular weight is 317 g/mol. The molecule has 2 aromatic rings. The van der Waals surface area contributed by atoms with E-state index >= 15 is 0 Å². The van der Waals surface area contributed by atoms with Gasteiger partial charge in [0.05, 0.1) is 28.2 Å². The van der Waals surface area contributed by atoms with Gasteiger partial charge >= 0.3 is 0 Å². The third-order valence-electron chi connectivity index (χ3n) is 3.86. The van der Waals surface area contributed by atoms with Crippen LogP contribution in [0.1, 0.15) is 37.1 Å². The van der Waals surface area contributed by atoms with Gasteiger partial charge in [-0.05, 0) is 33.2 Å². The number of rotatable bonds is 4. The lowest BCUT2D eigenvalue weighted by Gasteiger charge is -2.17. The van der Waals surface area contributed by atoms with Crippen molar-refractivity contribution in [3.63, 3.8) is 0 Å². The summed E-state index contributed by atoms with van der Waals surface area (Å²) in [6.07, 6.45) is 5.50. The van der Waals surface area contributed by atoms with Gasteiger partial charge in [0.1, 0.15) is 0 Å². The molecule has 2 N–H and O–H groups in total. The van der Waals surface area contributed by atoms with Crippen molar-refractivity contribution < 1.29 is 4.79 Å². The van der Waals surface area contributed by atoms with E-state index in [1.54, 1.807) is 17.9 Å². The Morgan fingerprint density at radius 3 is 2.77 bits per heavy atom. The first-order chi connectivity index (χ1) is 10.6. The van der Waals surface area contributed by atoms with Gasteiger partial charge in [-0.15, -0.1) is 11.3 Å². The second-order valence-electron chi connectivity index (χ2n) is 5.49. The third-order valence-corrected chi connectivity index (χ3v) is 4.78. The number of thiazole rings is 1. The number of hydrogen-bond acceptors (Lipinski definition) is 6. The quantitative estimate of drug-likeness (QED) is 0.899. The number of aromatic nitrogens is 3. The molecular formula is C15H19N5OS. The van der Waals surface area contributed by atoms with E-state index in [0.717, 1.165) is 35.5 Å². The van der Waals surface area contributed by atoms with Crippen LogP contribution in [0, 0.1) is 6.92 Å². The molecule has 1 saturated heterocycles. The number of nitrogens with one attached hydrogen (secondary N) is 2. The molecule has 3 heterocycles. The standard InChI is InChI=1S/C15H19N5OS/c1-9(20-15(21)12-4-3-5-16-12)11-6-17-14(18-7-11)13-10(2)19-8-22-13/h6-9,12,16H,3-5H2,1-2H3,(H,20,21). The lowest BCUT2D eigenvalue weighted by Crippen LogP contribution is -2.41. The smallest absolute Gasteiger partial charge is 0.237 e. The van der Waals surface area contributed by atoms with Crippen molar-refractivity contribution in [2.75, 3.05) is 6.54 Å². The number of hydrogen-bond donors (Lipinski definition) is 2. The van der Waals surface area contributed by atoms with Crippen LogP contribution in [0.4, 0.5) is 0 Å². The van der Waals surface area contributed by atoms with Crippen LogP contribution < -0.4 is 10.6 Å². The minimum Gasteiger partial charge on any atom is -0.348 e. The molecule has 2 aromatic heterocycles. The first-order valence-electron chi connectivity index (χ1n) is 7.41. The molecule has 2 atom stereocenters. The fourth-order valence-corrected chi connectivity index (χ4v) is 3.25. The molecule has 1 aliphatic heterocycles. The molecule has 1 aliphatic rings. The van der Waals surface area contributed by atoms with E-state index in [0.29, 0.717) is 5.82 Å². The van der Waals surface area contributed by atoms with Gasteiger partial charge in [0, 0.05) is 18.0 Å². The van der Waals surface area contributed by atoms with Gasteiger partial charge in [-0.1, -0.05) is 0 Å². The van der Waals surface area contributed by atoms with Crippen LogP contribution in [0.5, 0.6) is 0 Å². The zero-order valence-corrected chi connectivity index (χ0v) is 13.5. The Bertz CT molecular complexity index is 648. The van der Waals surface area contributed by atoms with Crippen LogP contribution >= 0.6 is 11.3 Å². The largest absolute Gasteiger partial charge is 0.348 e. The fraction of sp³-hybridized carbons (Fsp3) is 0.467. The molecule has 0 radical (unpaired) electrons. The van der Waals surface area contributed by atoms with E-state index in [-0.39, 0.29) is 18.0 Å². The first-order valence-corrected chi connectivity index (χ1v) is 8.29. The number of aryl methyl sites for hydroxylation is 1. The van der Waals surface area contributed by atoms with Gasteiger partial charge in [-0.25, -0.2) is 15.0 Å². The zero-order valence-electron chi connectivity index (χ0n) is 12.7. The van der Waals surface area contributed by atoms with E-state index in [2.05, 4.69) is 25.6 Å². The molecule has 6 nitrogen and oxygen atoms in total. The number of amides is 1. The highest BCUT2D eigenvalue weighted by atomic mass is 32.1.